The summed E-state index contributed by atoms with van der Waals surface area (Å²) in [4.78, 5) is 31.9. The predicted molar refractivity (Wildman–Crippen MR) is 134 cm³/mol. The Balaban J connectivity index is 1.67. The van der Waals surface area contributed by atoms with Gasteiger partial charge in [0, 0.05) is 5.56 Å². The Kier molecular flexibility index (Phi) is 6.80. The van der Waals surface area contributed by atoms with Gasteiger partial charge in [0.25, 0.3) is 5.91 Å². The van der Waals surface area contributed by atoms with Crippen LogP contribution in [-0.4, -0.2) is 22.6 Å². The van der Waals surface area contributed by atoms with Crippen molar-refractivity contribution >= 4 is 63.6 Å². The van der Waals surface area contributed by atoms with Gasteiger partial charge in [-0.3, -0.25) is 14.5 Å². The van der Waals surface area contributed by atoms with Gasteiger partial charge in [-0.15, -0.1) is 0 Å². The molecule has 0 atom stereocenters. The quantitative estimate of drug-likeness (QED) is 0.302. The first-order valence-electron chi connectivity index (χ1n) is 9.80. The van der Waals surface area contributed by atoms with E-state index in [-0.39, 0.29) is 23.1 Å². The van der Waals surface area contributed by atoms with E-state index in [1.165, 1.54) is 16.7 Å². The molecule has 0 bridgehead atoms. The summed E-state index contributed by atoms with van der Waals surface area (Å²) in [6.45, 7) is 1.98. The van der Waals surface area contributed by atoms with E-state index in [1.807, 2.05) is 49.4 Å². The Morgan fingerprint density at radius 2 is 1.72 bits per heavy atom. The zero-order valence-electron chi connectivity index (χ0n) is 17.1. The van der Waals surface area contributed by atoms with Gasteiger partial charge >= 0.3 is 0 Å². The fraction of sp³-hybridized carbons (Fsp3) is 0.0800. The lowest BCUT2D eigenvalue weighted by atomic mass is 10.2. The zero-order valence-corrected chi connectivity index (χ0v) is 19.4. The number of Topliss-reactive ketones (excluding diaryl/α,β-unsaturated/α-hetero) is 1. The molecule has 7 heteroatoms. The average Bonchev–Trinajstić information content (AvgIpc) is 3.11. The van der Waals surface area contributed by atoms with E-state index < -0.39 is 0 Å². The third-order valence-corrected chi connectivity index (χ3v) is 6.60. The van der Waals surface area contributed by atoms with Gasteiger partial charge in [0.1, 0.15) is 5.70 Å². The van der Waals surface area contributed by atoms with Crippen molar-refractivity contribution < 1.29 is 9.59 Å². The fourth-order valence-corrected chi connectivity index (χ4v) is 4.40. The second-order valence-corrected chi connectivity index (χ2v) is 8.85. The second kappa shape index (κ2) is 9.74. The minimum Gasteiger partial charge on any atom is -0.293 e. The number of benzene rings is 3. The number of halogens is 2. The van der Waals surface area contributed by atoms with E-state index in [4.69, 9.17) is 23.2 Å². The summed E-state index contributed by atoms with van der Waals surface area (Å²) >= 11 is 13.6. The highest BCUT2D eigenvalue weighted by Gasteiger charge is 2.32. The maximum Gasteiger partial charge on any atom is 0.283 e. The van der Waals surface area contributed by atoms with Gasteiger partial charge in [-0.2, -0.15) is 0 Å². The van der Waals surface area contributed by atoms with Crippen LogP contribution in [0, 0.1) is 6.92 Å². The second-order valence-electron chi connectivity index (χ2n) is 7.12. The highest BCUT2D eigenvalue weighted by Crippen LogP contribution is 2.32. The largest absolute Gasteiger partial charge is 0.293 e. The topological polar surface area (TPSA) is 49.7 Å². The number of carbonyl (C=O) groups excluding carboxylic acids is 2. The van der Waals surface area contributed by atoms with Crippen molar-refractivity contribution in [1.82, 2.24) is 0 Å². The van der Waals surface area contributed by atoms with Crippen LogP contribution in [0.3, 0.4) is 0 Å². The highest BCUT2D eigenvalue weighted by molar-refractivity contribution is 8.14. The van der Waals surface area contributed by atoms with Crippen LogP contribution >= 0.6 is 35.0 Å². The van der Waals surface area contributed by atoms with E-state index in [1.54, 1.807) is 36.4 Å². The number of amidine groups is 1. The van der Waals surface area contributed by atoms with E-state index in [0.717, 1.165) is 5.56 Å². The Morgan fingerprint density at radius 1 is 1.00 bits per heavy atom. The lowest BCUT2D eigenvalue weighted by Crippen LogP contribution is -2.30. The number of carbonyl (C=O) groups is 2. The molecule has 0 spiro atoms. The van der Waals surface area contributed by atoms with Crippen LogP contribution in [0.4, 0.5) is 5.69 Å². The monoisotopic (exact) mass is 480 g/mol. The van der Waals surface area contributed by atoms with Crippen molar-refractivity contribution in [2.75, 3.05) is 10.7 Å². The van der Waals surface area contributed by atoms with Crippen LogP contribution in [0.5, 0.6) is 0 Å². The molecule has 0 radical (unpaired) electrons. The smallest absolute Gasteiger partial charge is 0.283 e. The summed E-state index contributed by atoms with van der Waals surface area (Å²) < 4.78 is 0. The van der Waals surface area contributed by atoms with Crippen molar-refractivity contribution in [1.29, 1.82) is 0 Å². The van der Waals surface area contributed by atoms with E-state index in [0.29, 0.717) is 32.0 Å². The molecule has 4 rings (SSSR count). The average molecular weight is 481 g/mol. The molecule has 0 N–H and O–H groups in total. The maximum atomic E-state index is 13.3. The Bertz CT molecular complexity index is 1240. The predicted octanol–water partition coefficient (Wildman–Crippen LogP) is 6.66. The highest BCUT2D eigenvalue weighted by atomic mass is 35.5. The van der Waals surface area contributed by atoms with E-state index in [9.17, 15) is 9.59 Å². The van der Waals surface area contributed by atoms with Gasteiger partial charge in [-0.1, -0.05) is 95.1 Å². The van der Waals surface area contributed by atoms with Crippen LogP contribution < -0.4 is 4.90 Å². The molecule has 160 valence electrons. The summed E-state index contributed by atoms with van der Waals surface area (Å²) in [7, 11) is 0. The minimum atomic E-state index is -0.292. The Hall–Kier alpha value is -2.86. The first-order valence-corrected chi connectivity index (χ1v) is 11.5. The summed E-state index contributed by atoms with van der Waals surface area (Å²) in [6.07, 6.45) is 1.62. The summed E-state index contributed by atoms with van der Waals surface area (Å²) in [5.41, 5.74) is 3.20. The van der Waals surface area contributed by atoms with Crippen molar-refractivity contribution in [3.05, 3.63) is 105 Å². The molecule has 1 aliphatic heterocycles. The number of ketones is 1. The van der Waals surface area contributed by atoms with Gasteiger partial charge in [-0.05, 0) is 36.8 Å². The molecule has 3 aromatic rings. The third kappa shape index (κ3) is 4.80. The molecule has 1 aliphatic rings. The summed E-state index contributed by atoms with van der Waals surface area (Å²) in [6, 6.07) is 21.8. The number of anilines is 1. The van der Waals surface area contributed by atoms with Crippen molar-refractivity contribution in [3.63, 3.8) is 0 Å². The first kappa shape index (κ1) is 22.3. The summed E-state index contributed by atoms with van der Waals surface area (Å²) in [5.74, 6) is -0.173. The molecule has 0 saturated heterocycles. The van der Waals surface area contributed by atoms with Crippen LogP contribution in [0.1, 0.15) is 21.5 Å². The van der Waals surface area contributed by atoms with Gasteiger partial charge in [0.15, 0.2) is 11.0 Å². The molecule has 1 heterocycles. The van der Waals surface area contributed by atoms with Crippen LogP contribution in [0.15, 0.2) is 83.5 Å². The molecule has 4 nitrogen and oxygen atoms in total. The lowest BCUT2D eigenvalue weighted by molar-refractivity contribution is -0.113. The molecule has 0 saturated carbocycles. The lowest BCUT2D eigenvalue weighted by Gasteiger charge is -2.18. The van der Waals surface area contributed by atoms with Crippen molar-refractivity contribution in [2.24, 2.45) is 4.99 Å². The third-order valence-electron chi connectivity index (χ3n) is 4.82. The van der Waals surface area contributed by atoms with E-state index in [2.05, 4.69) is 4.99 Å². The molecule has 0 fully saturated rings. The molecule has 3 aromatic carbocycles. The molecule has 0 aromatic heterocycles. The van der Waals surface area contributed by atoms with Crippen LogP contribution in [0.25, 0.3) is 6.08 Å². The number of hydrogen-bond donors (Lipinski definition) is 0. The molecule has 32 heavy (non-hydrogen) atoms. The zero-order chi connectivity index (χ0) is 22.7. The van der Waals surface area contributed by atoms with Gasteiger partial charge in [0.05, 0.1) is 21.5 Å². The summed E-state index contributed by atoms with van der Waals surface area (Å²) in [5, 5.41) is 1.19. The van der Waals surface area contributed by atoms with Crippen LogP contribution in [-0.2, 0) is 4.79 Å². The van der Waals surface area contributed by atoms with Gasteiger partial charge < -0.3 is 0 Å². The minimum absolute atomic E-state index is 0.0371. The normalized spacial score (nSPS) is 14.7. The van der Waals surface area contributed by atoms with E-state index >= 15 is 0 Å². The molecule has 0 aliphatic carbocycles. The number of amides is 1. The maximum absolute atomic E-state index is 13.3. The van der Waals surface area contributed by atoms with Gasteiger partial charge in [0.2, 0.25) is 0 Å². The molecule has 1 amide bonds. The Labute approximate surface area is 200 Å². The molecule has 0 unspecified atom stereocenters. The SMILES string of the molecule is Cc1ccc(N2C(=O)C(=Cc3cccc(Cl)c3Cl)N=C2SCC(=O)c2ccccc2)cc1. The number of rotatable bonds is 5. The first-order chi connectivity index (χ1) is 15.4. The van der Waals surface area contributed by atoms with Crippen LogP contribution in [0.2, 0.25) is 10.0 Å². The standard InChI is InChI=1S/C25H18Cl2N2O2S/c1-16-10-12-19(13-11-16)29-24(31)21(14-18-8-5-9-20(26)23(18)27)28-25(29)32-15-22(30)17-6-3-2-4-7-17/h2-14H,15H2,1H3. The number of thioether (sulfide) groups is 1. The van der Waals surface area contributed by atoms with Crippen molar-refractivity contribution in [3.8, 4) is 0 Å². The fourth-order valence-electron chi connectivity index (χ4n) is 3.13. The number of aliphatic imine (C=N–C) groups is 1. The number of hydrogen-bond acceptors (Lipinski definition) is 4. The molecular weight excluding hydrogens is 463 g/mol. The Morgan fingerprint density at radius 3 is 2.44 bits per heavy atom. The number of aryl methyl sites for hydroxylation is 1. The molecular formula is C25H18Cl2N2O2S. The van der Waals surface area contributed by atoms with Crippen molar-refractivity contribution in [2.45, 2.75) is 6.92 Å². The number of nitrogens with zero attached hydrogens (tertiary/aromatic N) is 2. The van der Waals surface area contributed by atoms with Gasteiger partial charge in [-0.25, -0.2) is 4.99 Å².